The molecule has 0 aromatic heterocycles. The molecule has 7 nitrogen and oxygen atoms in total. The number of carbonyl (C=O) groups excluding carboxylic acids is 1. The number of amides is 1. The molecule has 1 aliphatic rings. The molecule has 0 bridgehead atoms. The lowest BCUT2D eigenvalue weighted by Gasteiger charge is -2.11. The van der Waals surface area contributed by atoms with E-state index in [0.29, 0.717) is 12.8 Å². The van der Waals surface area contributed by atoms with Crippen LogP contribution in [0.3, 0.4) is 0 Å². The predicted octanol–water partition coefficient (Wildman–Crippen LogP) is -1.64. The Morgan fingerprint density at radius 1 is 1.35 bits per heavy atom. The van der Waals surface area contributed by atoms with Gasteiger partial charge in [-0.2, -0.15) is 0 Å². The van der Waals surface area contributed by atoms with Crippen molar-refractivity contribution in [2.45, 2.75) is 30.6 Å². The molecule has 1 unspecified atom stereocenters. The minimum absolute atomic E-state index is 0.0924. The van der Waals surface area contributed by atoms with Crippen molar-refractivity contribution in [2.75, 3.05) is 12.0 Å². The lowest BCUT2D eigenvalue weighted by atomic mass is 10.2. The molecule has 3 N–H and O–H groups in total. The summed E-state index contributed by atoms with van der Waals surface area (Å²) >= 11 is 0. The Morgan fingerprint density at radius 2 is 1.88 bits per heavy atom. The summed E-state index contributed by atoms with van der Waals surface area (Å²) in [5.74, 6) is -1.09. The average Bonchev–Trinajstić information content (AvgIpc) is 2.94. The van der Waals surface area contributed by atoms with E-state index in [1.54, 1.807) is 0 Å². The third-order valence-corrected chi connectivity index (χ3v) is 5.15. The monoisotopic (exact) mass is 284 g/mol. The molecule has 0 saturated heterocycles. The molecule has 0 heterocycles. The molecule has 0 radical (unpaired) electrons. The molecule has 0 aromatic rings. The number of hydrogen-bond acceptors (Lipinski definition) is 6. The van der Waals surface area contributed by atoms with Gasteiger partial charge in [-0.3, -0.25) is 9.52 Å². The molecule has 1 saturated carbocycles. The van der Waals surface area contributed by atoms with Gasteiger partial charge in [-0.05, 0) is 19.3 Å². The zero-order chi connectivity index (χ0) is 13.3. The highest BCUT2D eigenvalue weighted by molar-refractivity contribution is 7.91. The molecular weight excluding hydrogens is 268 g/mol. The van der Waals surface area contributed by atoms with Gasteiger partial charge < -0.3 is 5.73 Å². The third kappa shape index (κ3) is 5.00. The molecule has 0 aliphatic heterocycles. The van der Waals surface area contributed by atoms with E-state index in [4.69, 9.17) is 5.73 Å². The molecule has 0 spiro atoms. The largest absolute Gasteiger partial charge is 0.320 e. The summed E-state index contributed by atoms with van der Waals surface area (Å²) in [6.07, 6.45) is 2.02. The van der Waals surface area contributed by atoms with Crippen molar-refractivity contribution in [1.82, 2.24) is 4.72 Å². The summed E-state index contributed by atoms with van der Waals surface area (Å²) in [4.78, 5) is 11.4. The second kappa shape index (κ2) is 4.91. The van der Waals surface area contributed by atoms with Gasteiger partial charge >= 0.3 is 0 Å². The van der Waals surface area contributed by atoms with Crippen molar-refractivity contribution in [3.05, 3.63) is 0 Å². The second-order valence-electron chi connectivity index (χ2n) is 4.24. The van der Waals surface area contributed by atoms with Gasteiger partial charge in [-0.1, -0.05) is 0 Å². The van der Waals surface area contributed by atoms with Crippen LogP contribution in [0.4, 0.5) is 0 Å². The highest BCUT2D eigenvalue weighted by Crippen LogP contribution is 2.27. The fourth-order valence-electron chi connectivity index (χ4n) is 1.15. The lowest BCUT2D eigenvalue weighted by Crippen LogP contribution is -2.45. The molecule has 0 aromatic carbocycles. The number of carbonyl (C=O) groups is 1. The van der Waals surface area contributed by atoms with Crippen LogP contribution in [0, 0.1) is 0 Å². The Bertz CT molecular complexity index is 492. The van der Waals surface area contributed by atoms with Crippen molar-refractivity contribution < 1.29 is 21.6 Å². The normalized spacial score (nSPS) is 18.7. The second-order valence-corrected chi connectivity index (χ2v) is 8.46. The van der Waals surface area contributed by atoms with Crippen LogP contribution in [-0.4, -0.2) is 46.0 Å². The maximum absolute atomic E-state index is 11.4. The summed E-state index contributed by atoms with van der Waals surface area (Å²) < 4.78 is 46.4. The van der Waals surface area contributed by atoms with E-state index >= 15 is 0 Å². The first-order chi connectivity index (χ1) is 7.62. The highest BCUT2D eigenvalue weighted by Gasteiger charge is 2.37. The summed E-state index contributed by atoms with van der Waals surface area (Å²) in [5, 5.41) is -0.506. The van der Waals surface area contributed by atoms with Crippen LogP contribution in [0.5, 0.6) is 0 Å². The maximum atomic E-state index is 11.4. The van der Waals surface area contributed by atoms with Gasteiger partial charge in [0.2, 0.25) is 15.9 Å². The molecule has 1 rings (SSSR count). The van der Waals surface area contributed by atoms with Gasteiger partial charge in [-0.15, -0.1) is 0 Å². The van der Waals surface area contributed by atoms with Gasteiger partial charge in [0, 0.05) is 6.26 Å². The number of nitrogens with two attached hydrogens (primary N) is 1. The average molecular weight is 284 g/mol. The molecule has 9 heteroatoms. The van der Waals surface area contributed by atoms with E-state index in [1.165, 1.54) is 0 Å². The molecule has 1 fully saturated rings. The van der Waals surface area contributed by atoms with Gasteiger partial charge in [0.1, 0.15) is 9.84 Å². The Balaban J connectivity index is 2.47. The zero-order valence-electron chi connectivity index (χ0n) is 9.42. The molecule has 1 amide bonds. The Kier molecular flexibility index (Phi) is 4.15. The Hall–Kier alpha value is -0.670. The SMILES string of the molecule is CS(=O)(=O)CCC(N)C(=O)NS(=O)(=O)C1CC1. The first-order valence-electron chi connectivity index (χ1n) is 5.10. The molecule has 1 aliphatic carbocycles. The molecule has 1 atom stereocenters. The minimum Gasteiger partial charge on any atom is -0.320 e. The quantitative estimate of drug-likeness (QED) is 0.602. The summed E-state index contributed by atoms with van der Waals surface area (Å²) in [7, 11) is -6.82. The Morgan fingerprint density at radius 3 is 2.29 bits per heavy atom. The highest BCUT2D eigenvalue weighted by atomic mass is 32.2. The Labute approximate surface area is 101 Å². The predicted molar refractivity (Wildman–Crippen MR) is 62.4 cm³/mol. The van der Waals surface area contributed by atoms with Crippen molar-refractivity contribution >= 4 is 25.8 Å². The van der Waals surface area contributed by atoms with E-state index < -0.39 is 37.1 Å². The number of nitrogens with one attached hydrogen (secondary N) is 1. The molecule has 17 heavy (non-hydrogen) atoms. The zero-order valence-corrected chi connectivity index (χ0v) is 11.1. The third-order valence-electron chi connectivity index (χ3n) is 2.34. The first kappa shape index (κ1) is 14.4. The lowest BCUT2D eigenvalue weighted by molar-refractivity contribution is -0.120. The summed E-state index contributed by atoms with van der Waals surface area (Å²) in [5.41, 5.74) is 5.41. The standard InChI is InChI=1S/C8H16N2O5S2/c1-16(12,13)5-4-7(9)8(11)10-17(14,15)6-2-3-6/h6-7H,2-5,9H2,1H3,(H,10,11). The number of rotatable bonds is 6. The maximum Gasteiger partial charge on any atom is 0.250 e. The molecule has 100 valence electrons. The van der Waals surface area contributed by atoms with Crippen LogP contribution in [0.1, 0.15) is 19.3 Å². The van der Waals surface area contributed by atoms with Crippen LogP contribution in [0.2, 0.25) is 0 Å². The summed E-state index contributed by atoms with van der Waals surface area (Å²) in [6.45, 7) is 0. The fraction of sp³-hybridized carbons (Fsp3) is 0.875. The van der Waals surface area contributed by atoms with Crippen molar-refractivity contribution in [3.8, 4) is 0 Å². The fourth-order valence-corrected chi connectivity index (χ4v) is 3.19. The van der Waals surface area contributed by atoms with Crippen LogP contribution >= 0.6 is 0 Å². The molecular formula is C8H16N2O5S2. The minimum atomic E-state index is -3.61. The van der Waals surface area contributed by atoms with Crippen LogP contribution in [0.15, 0.2) is 0 Å². The van der Waals surface area contributed by atoms with E-state index in [0.717, 1.165) is 6.26 Å². The van der Waals surface area contributed by atoms with Crippen molar-refractivity contribution in [1.29, 1.82) is 0 Å². The van der Waals surface area contributed by atoms with Crippen LogP contribution in [-0.2, 0) is 24.7 Å². The van der Waals surface area contributed by atoms with Crippen LogP contribution < -0.4 is 10.5 Å². The number of sulfone groups is 1. The van der Waals surface area contributed by atoms with E-state index in [9.17, 15) is 21.6 Å². The smallest absolute Gasteiger partial charge is 0.250 e. The van der Waals surface area contributed by atoms with E-state index in [-0.39, 0.29) is 12.2 Å². The van der Waals surface area contributed by atoms with E-state index in [2.05, 4.69) is 0 Å². The van der Waals surface area contributed by atoms with E-state index in [1.807, 2.05) is 4.72 Å². The van der Waals surface area contributed by atoms with Gasteiger partial charge in [0.05, 0.1) is 17.0 Å². The van der Waals surface area contributed by atoms with Gasteiger partial charge in [0.25, 0.3) is 0 Å². The topological polar surface area (TPSA) is 123 Å². The van der Waals surface area contributed by atoms with Gasteiger partial charge in [-0.25, -0.2) is 16.8 Å². The summed E-state index contributed by atoms with van der Waals surface area (Å²) in [6, 6.07) is -1.13. The van der Waals surface area contributed by atoms with Crippen molar-refractivity contribution in [2.24, 2.45) is 5.73 Å². The van der Waals surface area contributed by atoms with Crippen LogP contribution in [0.25, 0.3) is 0 Å². The van der Waals surface area contributed by atoms with Gasteiger partial charge in [0.15, 0.2) is 0 Å². The first-order valence-corrected chi connectivity index (χ1v) is 8.71. The van der Waals surface area contributed by atoms with Crippen molar-refractivity contribution in [3.63, 3.8) is 0 Å². The number of sulfonamides is 1. The number of hydrogen-bond donors (Lipinski definition) is 2.